The Morgan fingerprint density at radius 2 is 1.86 bits per heavy atom. The summed E-state index contributed by atoms with van der Waals surface area (Å²) in [5.41, 5.74) is 3.75. The molecule has 0 fully saturated rings. The van der Waals surface area contributed by atoms with Crippen LogP contribution in [-0.2, 0) is 9.53 Å². The van der Waals surface area contributed by atoms with Crippen molar-refractivity contribution in [3.8, 4) is 16.9 Å². The van der Waals surface area contributed by atoms with Crippen LogP contribution in [-0.4, -0.2) is 49.5 Å². The van der Waals surface area contributed by atoms with Gasteiger partial charge in [-0.25, -0.2) is 4.79 Å². The highest BCUT2D eigenvalue weighted by atomic mass is 35.5. The van der Waals surface area contributed by atoms with Gasteiger partial charge in [-0.2, -0.15) is 4.68 Å². The number of methoxy groups -OCH3 is 1. The van der Waals surface area contributed by atoms with Crippen LogP contribution < -0.4 is 10.6 Å². The Hall–Kier alpha value is -4.35. The minimum absolute atomic E-state index is 0.167. The van der Waals surface area contributed by atoms with Crippen molar-refractivity contribution in [2.24, 2.45) is 0 Å². The average molecular weight is 539 g/mol. The summed E-state index contributed by atoms with van der Waals surface area (Å²) < 4.78 is 6.06. The maximum atomic E-state index is 12.7. The Balaban J connectivity index is 1.48. The second kappa shape index (κ2) is 11.6. The van der Waals surface area contributed by atoms with Gasteiger partial charge in [0.25, 0.3) is 0 Å². The van der Waals surface area contributed by atoms with E-state index in [9.17, 15) is 9.59 Å². The van der Waals surface area contributed by atoms with Gasteiger partial charge in [0.05, 0.1) is 24.5 Å². The van der Waals surface area contributed by atoms with Crippen LogP contribution in [0.5, 0.6) is 0 Å². The molecule has 0 saturated carbocycles. The fraction of sp³-hybridized carbons (Fsp3) is 0.125. The highest BCUT2D eigenvalue weighted by Crippen LogP contribution is 2.27. The highest BCUT2D eigenvalue weighted by Gasteiger charge is 2.15. The van der Waals surface area contributed by atoms with Crippen LogP contribution in [0.25, 0.3) is 23.0 Å². The Kier molecular flexibility index (Phi) is 8.06. The summed E-state index contributed by atoms with van der Waals surface area (Å²) in [6.45, 7) is 1.79. The van der Waals surface area contributed by atoms with Gasteiger partial charge in [0, 0.05) is 33.5 Å². The number of nitrogens with zero attached hydrogens (tertiary/aromatic N) is 6. The molecule has 2 aromatic carbocycles. The van der Waals surface area contributed by atoms with Crippen molar-refractivity contribution in [3.63, 3.8) is 0 Å². The standard InChI is InChI=1S/C24H20Cl2N8O3/c1-14(28-22(35)10-5-16-11-17(25)6-9-21(16)34-13-27-32-33-34)19-12-20(30-31-23(19)26)15-3-7-18(8-4-15)29-24(36)37-2/h3-14H,1-2H3,(H,28,35)(H,29,36). The third-order valence-corrected chi connectivity index (χ3v) is 5.74. The van der Waals surface area contributed by atoms with Gasteiger partial charge in [0.2, 0.25) is 5.91 Å². The van der Waals surface area contributed by atoms with Crippen molar-refractivity contribution in [3.05, 3.63) is 82.2 Å². The van der Waals surface area contributed by atoms with E-state index in [-0.39, 0.29) is 11.1 Å². The number of anilines is 1. The van der Waals surface area contributed by atoms with Gasteiger partial charge in [0.1, 0.15) is 6.33 Å². The van der Waals surface area contributed by atoms with Crippen molar-refractivity contribution in [1.29, 1.82) is 0 Å². The van der Waals surface area contributed by atoms with E-state index in [2.05, 4.69) is 41.1 Å². The molecule has 0 radical (unpaired) electrons. The Labute approximate surface area is 221 Å². The molecule has 2 amide bonds. The van der Waals surface area contributed by atoms with Gasteiger partial charge in [-0.05, 0) is 59.8 Å². The smallest absolute Gasteiger partial charge is 0.411 e. The molecule has 1 unspecified atom stereocenters. The van der Waals surface area contributed by atoms with Crippen LogP contribution in [0, 0.1) is 0 Å². The lowest BCUT2D eigenvalue weighted by Crippen LogP contribution is -2.25. The first-order valence-electron chi connectivity index (χ1n) is 10.8. The van der Waals surface area contributed by atoms with E-state index in [1.54, 1.807) is 61.5 Å². The van der Waals surface area contributed by atoms with Gasteiger partial charge in [-0.15, -0.1) is 15.3 Å². The number of nitrogens with one attached hydrogen (secondary N) is 2. The molecular weight excluding hydrogens is 519 g/mol. The number of tetrazole rings is 1. The maximum absolute atomic E-state index is 12.7. The minimum Gasteiger partial charge on any atom is -0.453 e. The third-order valence-electron chi connectivity index (χ3n) is 5.21. The molecule has 0 spiro atoms. The fourth-order valence-corrected chi connectivity index (χ4v) is 3.81. The predicted octanol–water partition coefficient (Wildman–Crippen LogP) is 4.50. The second-order valence-corrected chi connectivity index (χ2v) is 8.49. The number of carbonyl (C=O) groups is 2. The molecule has 0 bridgehead atoms. The molecule has 4 rings (SSSR count). The summed E-state index contributed by atoms with van der Waals surface area (Å²) >= 11 is 12.4. The summed E-state index contributed by atoms with van der Waals surface area (Å²) in [5.74, 6) is -0.359. The fourth-order valence-electron chi connectivity index (χ4n) is 3.37. The largest absolute Gasteiger partial charge is 0.453 e. The number of halogens is 2. The molecular formula is C24H20Cl2N8O3. The molecule has 2 aromatic heterocycles. The van der Waals surface area contributed by atoms with Crippen molar-refractivity contribution >= 4 is 47.0 Å². The van der Waals surface area contributed by atoms with E-state index in [0.717, 1.165) is 5.56 Å². The van der Waals surface area contributed by atoms with Crippen LogP contribution in [0.4, 0.5) is 10.5 Å². The van der Waals surface area contributed by atoms with E-state index in [1.807, 2.05) is 0 Å². The van der Waals surface area contributed by atoms with Crippen molar-refractivity contribution in [2.45, 2.75) is 13.0 Å². The number of hydrogen-bond donors (Lipinski definition) is 2. The summed E-state index contributed by atoms with van der Waals surface area (Å²) in [4.78, 5) is 24.1. The predicted molar refractivity (Wildman–Crippen MR) is 138 cm³/mol. The molecule has 4 aromatic rings. The first-order valence-corrected chi connectivity index (χ1v) is 11.6. The zero-order valence-corrected chi connectivity index (χ0v) is 21.1. The number of amides is 2. The SMILES string of the molecule is COC(=O)Nc1ccc(-c2cc(C(C)NC(=O)C=Cc3cc(Cl)ccc3-n3cnnn3)c(Cl)nn2)cc1. The molecule has 0 aliphatic carbocycles. The summed E-state index contributed by atoms with van der Waals surface area (Å²) in [7, 11) is 1.29. The lowest BCUT2D eigenvalue weighted by Gasteiger charge is -2.15. The number of aromatic nitrogens is 6. The number of rotatable bonds is 7. The molecule has 2 N–H and O–H groups in total. The zero-order chi connectivity index (χ0) is 26.4. The van der Waals surface area contributed by atoms with Crippen molar-refractivity contribution in [1.82, 2.24) is 35.7 Å². The van der Waals surface area contributed by atoms with Crippen molar-refractivity contribution in [2.75, 3.05) is 12.4 Å². The quantitative estimate of drug-likeness (QED) is 0.328. The lowest BCUT2D eigenvalue weighted by molar-refractivity contribution is -0.117. The molecule has 188 valence electrons. The average Bonchev–Trinajstić information content (AvgIpc) is 3.43. The normalized spacial score (nSPS) is 11.8. The summed E-state index contributed by atoms with van der Waals surface area (Å²) in [6.07, 6.45) is 3.88. The molecule has 0 saturated heterocycles. The number of benzene rings is 2. The molecule has 1 atom stereocenters. The molecule has 0 aliphatic heterocycles. The van der Waals surface area contributed by atoms with Crippen LogP contribution in [0.2, 0.25) is 10.2 Å². The number of ether oxygens (including phenoxy) is 1. The van der Waals surface area contributed by atoms with E-state index in [1.165, 1.54) is 24.2 Å². The Bertz CT molecular complexity index is 1440. The van der Waals surface area contributed by atoms with E-state index in [4.69, 9.17) is 23.2 Å². The second-order valence-electron chi connectivity index (χ2n) is 7.69. The summed E-state index contributed by atoms with van der Waals surface area (Å²) in [6, 6.07) is 13.4. The number of hydrogen-bond acceptors (Lipinski definition) is 8. The topological polar surface area (TPSA) is 137 Å². The van der Waals surface area contributed by atoms with Gasteiger partial charge in [-0.1, -0.05) is 35.3 Å². The van der Waals surface area contributed by atoms with Crippen molar-refractivity contribution < 1.29 is 14.3 Å². The van der Waals surface area contributed by atoms with E-state index >= 15 is 0 Å². The maximum Gasteiger partial charge on any atom is 0.411 e. The lowest BCUT2D eigenvalue weighted by atomic mass is 10.1. The van der Waals surface area contributed by atoms with Crippen LogP contribution >= 0.6 is 23.2 Å². The molecule has 0 aliphatic rings. The molecule has 2 heterocycles. The molecule has 13 heteroatoms. The van der Waals surface area contributed by atoms with Gasteiger partial charge < -0.3 is 10.1 Å². The minimum atomic E-state index is -0.568. The first-order chi connectivity index (χ1) is 17.8. The van der Waals surface area contributed by atoms with E-state index in [0.29, 0.717) is 33.2 Å². The van der Waals surface area contributed by atoms with Crippen LogP contribution in [0.15, 0.2) is 60.9 Å². The van der Waals surface area contributed by atoms with Gasteiger partial charge in [-0.3, -0.25) is 10.1 Å². The third kappa shape index (κ3) is 6.46. The van der Waals surface area contributed by atoms with Gasteiger partial charge >= 0.3 is 6.09 Å². The Morgan fingerprint density at radius 1 is 1.08 bits per heavy atom. The number of carbonyl (C=O) groups excluding carboxylic acids is 2. The molecule has 37 heavy (non-hydrogen) atoms. The Morgan fingerprint density at radius 3 is 2.57 bits per heavy atom. The van der Waals surface area contributed by atoms with Crippen LogP contribution in [0.3, 0.4) is 0 Å². The molecule has 11 nitrogen and oxygen atoms in total. The first kappa shape index (κ1) is 25.7. The highest BCUT2D eigenvalue weighted by molar-refractivity contribution is 6.31. The van der Waals surface area contributed by atoms with Crippen LogP contribution in [0.1, 0.15) is 24.1 Å². The van der Waals surface area contributed by atoms with Gasteiger partial charge in [0.15, 0.2) is 5.15 Å². The zero-order valence-electron chi connectivity index (χ0n) is 19.6. The monoisotopic (exact) mass is 538 g/mol. The van der Waals surface area contributed by atoms with E-state index < -0.39 is 12.1 Å². The summed E-state index contributed by atoms with van der Waals surface area (Å²) in [5, 5.41) is 25.5.